The number of rotatable bonds is 5. The van der Waals surface area contributed by atoms with Gasteiger partial charge < -0.3 is 5.11 Å². The van der Waals surface area contributed by atoms with Crippen LogP contribution < -0.4 is 0 Å². The van der Waals surface area contributed by atoms with E-state index in [1.54, 1.807) is 0 Å². The molecule has 122 valence electrons. The Morgan fingerprint density at radius 2 is 1.25 bits per heavy atom. The first-order chi connectivity index (χ1) is 11.6. The van der Waals surface area contributed by atoms with Crippen molar-refractivity contribution in [3.63, 3.8) is 0 Å². The monoisotopic (exact) mass is 340 g/mol. The summed E-state index contributed by atoms with van der Waals surface area (Å²) < 4.78 is 25.8. The van der Waals surface area contributed by atoms with E-state index in [9.17, 15) is 13.7 Å². The zero-order valence-electron chi connectivity index (χ0n) is 12.9. The molecule has 2 nitrogen and oxygen atoms in total. The second-order valence-electron chi connectivity index (χ2n) is 5.54. The standard InChI is InChI=1S/C20H17FO2S/c21-18-11-13-19(14-12-18)24(23)15-20(22,16-7-3-1-4-8-16)17-9-5-2-6-10-17/h1-14,22H,15H2/t24-/m1/s1. The fourth-order valence-electron chi connectivity index (χ4n) is 2.62. The summed E-state index contributed by atoms with van der Waals surface area (Å²) in [5.41, 5.74) is -0.0415. The van der Waals surface area contributed by atoms with Crippen molar-refractivity contribution >= 4 is 10.8 Å². The molecular weight excluding hydrogens is 323 g/mol. The molecule has 0 heterocycles. The average molecular weight is 340 g/mol. The van der Waals surface area contributed by atoms with Gasteiger partial charge in [-0.3, -0.25) is 4.21 Å². The van der Waals surface area contributed by atoms with Gasteiger partial charge in [-0.25, -0.2) is 4.39 Å². The quantitative estimate of drug-likeness (QED) is 0.765. The Morgan fingerprint density at radius 1 is 0.792 bits per heavy atom. The van der Waals surface area contributed by atoms with E-state index in [-0.39, 0.29) is 11.6 Å². The van der Waals surface area contributed by atoms with Crippen LogP contribution >= 0.6 is 0 Å². The van der Waals surface area contributed by atoms with Crippen molar-refractivity contribution in [1.29, 1.82) is 0 Å². The lowest BCUT2D eigenvalue weighted by molar-refractivity contribution is 0.106. The Labute approximate surface area is 143 Å². The van der Waals surface area contributed by atoms with Gasteiger partial charge in [0.1, 0.15) is 11.4 Å². The van der Waals surface area contributed by atoms with Crippen molar-refractivity contribution in [2.24, 2.45) is 0 Å². The molecule has 1 atom stereocenters. The van der Waals surface area contributed by atoms with Crippen LogP contribution in [0.2, 0.25) is 0 Å². The third kappa shape index (κ3) is 3.45. The van der Waals surface area contributed by atoms with E-state index >= 15 is 0 Å². The summed E-state index contributed by atoms with van der Waals surface area (Å²) >= 11 is 0. The van der Waals surface area contributed by atoms with Crippen molar-refractivity contribution in [1.82, 2.24) is 0 Å². The van der Waals surface area contributed by atoms with Crippen LogP contribution in [0.25, 0.3) is 0 Å². The van der Waals surface area contributed by atoms with Crippen molar-refractivity contribution in [3.8, 4) is 0 Å². The lowest BCUT2D eigenvalue weighted by Gasteiger charge is -2.29. The predicted octanol–water partition coefficient (Wildman–Crippen LogP) is 3.87. The van der Waals surface area contributed by atoms with Crippen LogP contribution in [-0.2, 0) is 16.4 Å². The normalized spacial score (nSPS) is 12.8. The first-order valence-corrected chi connectivity index (χ1v) is 8.89. The van der Waals surface area contributed by atoms with E-state index in [4.69, 9.17) is 0 Å². The molecule has 24 heavy (non-hydrogen) atoms. The molecule has 0 amide bonds. The van der Waals surface area contributed by atoms with Gasteiger partial charge in [-0.1, -0.05) is 60.7 Å². The van der Waals surface area contributed by atoms with Crippen LogP contribution in [0.1, 0.15) is 11.1 Å². The van der Waals surface area contributed by atoms with Crippen molar-refractivity contribution in [2.45, 2.75) is 10.5 Å². The number of halogens is 1. The van der Waals surface area contributed by atoms with E-state index in [1.165, 1.54) is 24.3 Å². The molecule has 0 aliphatic heterocycles. The van der Waals surface area contributed by atoms with Crippen molar-refractivity contribution < 1.29 is 13.7 Å². The lowest BCUT2D eigenvalue weighted by atomic mass is 9.88. The second kappa shape index (κ2) is 7.07. The van der Waals surface area contributed by atoms with E-state index < -0.39 is 16.4 Å². The summed E-state index contributed by atoms with van der Waals surface area (Å²) in [6.45, 7) is 0. The first kappa shape index (κ1) is 16.6. The molecule has 3 rings (SSSR count). The van der Waals surface area contributed by atoms with Gasteiger partial charge in [0.2, 0.25) is 0 Å². The Kier molecular flexibility index (Phi) is 4.88. The van der Waals surface area contributed by atoms with Crippen LogP contribution in [0.4, 0.5) is 4.39 Å². The molecule has 0 bridgehead atoms. The molecule has 0 unspecified atom stereocenters. The van der Waals surface area contributed by atoms with Crippen LogP contribution in [0.5, 0.6) is 0 Å². The molecule has 0 radical (unpaired) electrons. The third-order valence-corrected chi connectivity index (χ3v) is 5.40. The van der Waals surface area contributed by atoms with Gasteiger partial charge in [-0.15, -0.1) is 0 Å². The second-order valence-corrected chi connectivity index (χ2v) is 6.99. The van der Waals surface area contributed by atoms with Gasteiger partial charge in [0.25, 0.3) is 0 Å². The highest BCUT2D eigenvalue weighted by Crippen LogP contribution is 2.31. The molecule has 0 aromatic heterocycles. The van der Waals surface area contributed by atoms with Crippen molar-refractivity contribution in [3.05, 3.63) is 102 Å². The smallest absolute Gasteiger partial charge is 0.126 e. The number of hydrogen-bond acceptors (Lipinski definition) is 2. The van der Waals surface area contributed by atoms with Crippen LogP contribution in [-0.4, -0.2) is 15.1 Å². The fraction of sp³-hybridized carbons (Fsp3) is 0.100. The summed E-state index contributed by atoms with van der Waals surface area (Å²) in [7, 11) is -1.48. The van der Waals surface area contributed by atoms with Gasteiger partial charge in [-0.2, -0.15) is 0 Å². The Hall–Kier alpha value is -2.30. The fourth-order valence-corrected chi connectivity index (χ4v) is 3.94. The summed E-state index contributed by atoms with van der Waals surface area (Å²) in [5.74, 6) is -0.385. The van der Waals surface area contributed by atoms with Crippen molar-refractivity contribution in [2.75, 3.05) is 5.75 Å². The Bertz CT molecular complexity index is 778. The van der Waals surface area contributed by atoms with Crippen LogP contribution in [0.15, 0.2) is 89.8 Å². The molecule has 0 fully saturated rings. The van der Waals surface area contributed by atoms with E-state index in [2.05, 4.69) is 0 Å². The third-order valence-electron chi connectivity index (χ3n) is 3.92. The number of hydrogen-bond donors (Lipinski definition) is 1. The largest absolute Gasteiger partial charge is 0.379 e. The molecule has 0 saturated heterocycles. The lowest BCUT2D eigenvalue weighted by Crippen LogP contribution is -2.33. The number of aliphatic hydroxyl groups is 1. The van der Waals surface area contributed by atoms with Gasteiger partial charge in [0.15, 0.2) is 0 Å². The van der Waals surface area contributed by atoms with Crippen LogP contribution in [0.3, 0.4) is 0 Å². The number of benzene rings is 3. The summed E-state index contributed by atoms with van der Waals surface area (Å²) in [5, 5.41) is 11.4. The highest BCUT2D eigenvalue weighted by Gasteiger charge is 2.34. The maximum absolute atomic E-state index is 13.1. The van der Waals surface area contributed by atoms with Gasteiger partial charge in [0, 0.05) is 4.90 Å². The minimum absolute atomic E-state index is 0.00728. The SMILES string of the molecule is O=[S@](CC(O)(c1ccccc1)c1ccccc1)c1ccc(F)cc1. The zero-order chi connectivity index (χ0) is 17.0. The molecule has 3 aromatic carbocycles. The van der Waals surface area contributed by atoms with Crippen LogP contribution in [0, 0.1) is 5.82 Å². The molecule has 3 aromatic rings. The predicted molar refractivity (Wildman–Crippen MR) is 93.6 cm³/mol. The Balaban J connectivity index is 2.00. The molecule has 0 aliphatic rings. The van der Waals surface area contributed by atoms with Gasteiger partial charge >= 0.3 is 0 Å². The molecule has 0 aliphatic carbocycles. The topological polar surface area (TPSA) is 37.3 Å². The summed E-state index contributed by atoms with van der Waals surface area (Å²) in [6.07, 6.45) is 0. The zero-order valence-corrected chi connectivity index (χ0v) is 13.7. The highest BCUT2D eigenvalue weighted by atomic mass is 32.2. The minimum atomic E-state index is -1.48. The maximum atomic E-state index is 13.1. The average Bonchev–Trinajstić information content (AvgIpc) is 2.63. The molecule has 0 spiro atoms. The van der Waals surface area contributed by atoms with E-state index in [0.717, 1.165) is 0 Å². The van der Waals surface area contributed by atoms with E-state index in [0.29, 0.717) is 16.0 Å². The Morgan fingerprint density at radius 3 is 1.71 bits per heavy atom. The first-order valence-electron chi connectivity index (χ1n) is 7.57. The molecule has 0 saturated carbocycles. The highest BCUT2D eigenvalue weighted by molar-refractivity contribution is 7.85. The van der Waals surface area contributed by atoms with Gasteiger partial charge in [-0.05, 0) is 35.4 Å². The van der Waals surface area contributed by atoms with Gasteiger partial charge in [0.05, 0.1) is 16.6 Å². The van der Waals surface area contributed by atoms with E-state index in [1.807, 2.05) is 60.7 Å². The molecule has 1 N–H and O–H groups in total. The summed E-state index contributed by atoms with van der Waals surface area (Å²) in [6, 6.07) is 23.9. The minimum Gasteiger partial charge on any atom is -0.379 e. The summed E-state index contributed by atoms with van der Waals surface area (Å²) in [4.78, 5) is 0.488. The molecular formula is C20H17FO2S. The maximum Gasteiger partial charge on any atom is 0.126 e. The molecule has 4 heteroatoms.